The zero-order chi connectivity index (χ0) is 19.9. The van der Waals surface area contributed by atoms with Gasteiger partial charge in [0, 0.05) is 42.7 Å². The lowest BCUT2D eigenvalue weighted by Crippen LogP contribution is -2.37. The average molecular weight is 373 g/mol. The SMILES string of the molecule is Cc1cc(C#C[C@]2(O)CCN(C)C2=O)cc(-c2nc(N)c3ccncc3n2)c1. The third kappa shape index (κ3) is 3.15. The van der Waals surface area contributed by atoms with Crippen LogP contribution in [-0.2, 0) is 4.79 Å². The highest BCUT2D eigenvalue weighted by Gasteiger charge is 2.42. The standard InChI is InChI=1S/C21H19N5O2/c1-13-9-14(3-5-21(28)6-8-26(2)20(21)27)11-15(10-13)19-24-17-12-23-7-4-16(17)18(22)25-19/h4,7,9-12,28H,6,8H2,1-2H3,(H2,22,24,25)/t21-/m0/s1. The third-order valence-corrected chi connectivity index (χ3v) is 4.79. The number of aromatic nitrogens is 3. The number of likely N-dealkylation sites (tertiary alicyclic amines) is 1. The highest BCUT2D eigenvalue weighted by molar-refractivity contribution is 5.91. The van der Waals surface area contributed by atoms with Gasteiger partial charge in [-0.05, 0) is 36.8 Å². The number of carbonyl (C=O) groups is 1. The lowest BCUT2D eigenvalue weighted by Gasteiger charge is -2.13. The molecule has 1 fully saturated rings. The summed E-state index contributed by atoms with van der Waals surface area (Å²) in [6.07, 6.45) is 3.59. The van der Waals surface area contributed by atoms with E-state index in [1.54, 1.807) is 25.5 Å². The van der Waals surface area contributed by atoms with Crippen molar-refractivity contribution in [3.63, 3.8) is 0 Å². The monoisotopic (exact) mass is 373 g/mol. The number of anilines is 1. The first kappa shape index (κ1) is 17.9. The molecule has 3 heterocycles. The fraction of sp³-hybridized carbons (Fsp3) is 0.238. The molecule has 7 heteroatoms. The topological polar surface area (TPSA) is 105 Å². The first-order chi connectivity index (χ1) is 13.4. The van der Waals surface area contributed by atoms with Crippen molar-refractivity contribution in [1.29, 1.82) is 0 Å². The molecule has 140 valence electrons. The number of benzene rings is 1. The molecule has 1 aliphatic rings. The zero-order valence-electron chi connectivity index (χ0n) is 15.6. The lowest BCUT2D eigenvalue weighted by atomic mass is 10.0. The van der Waals surface area contributed by atoms with Gasteiger partial charge in [0.2, 0.25) is 5.60 Å². The minimum Gasteiger partial charge on any atom is -0.383 e. The van der Waals surface area contributed by atoms with E-state index >= 15 is 0 Å². The Morgan fingerprint density at radius 3 is 2.86 bits per heavy atom. The first-order valence-corrected chi connectivity index (χ1v) is 8.86. The molecule has 3 N–H and O–H groups in total. The Balaban J connectivity index is 1.75. The number of nitrogen functional groups attached to an aromatic ring is 1. The summed E-state index contributed by atoms with van der Waals surface area (Å²) in [6.45, 7) is 2.42. The van der Waals surface area contributed by atoms with E-state index in [4.69, 9.17) is 5.73 Å². The Kier molecular flexibility index (Phi) is 4.21. The molecule has 0 unspecified atom stereocenters. The second kappa shape index (κ2) is 6.59. The van der Waals surface area contributed by atoms with Gasteiger partial charge in [-0.3, -0.25) is 9.78 Å². The number of hydrogen-bond donors (Lipinski definition) is 2. The molecule has 0 radical (unpaired) electrons. The second-order valence-electron chi connectivity index (χ2n) is 7.00. The molecular formula is C21H19N5O2. The van der Waals surface area contributed by atoms with E-state index in [0.717, 1.165) is 16.5 Å². The normalized spacial score (nSPS) is 19.0. The van der Waals surface area contributed by atoms with Gasteiger partial charge in [-0.1, -0.05) is 11.8 Å². The van der Waals surface area contributed by atoms with Crippen molar-refractivity contribution in [2.45, 2.75) is 18.9 Å². The summed E-state index contributed by atoms with van der Waals surface area (Å²) in [5, 5.41) is 11.2. The van der Waals surface area contributed by atoms with Crippen molar-refractivity contribution >= 4 is 22.6 Å². The maximum Gasteiger partial charge on any atom is 0.267 e. The van der Waals surface area contributed by atoms with Gasteiger partial charge < -0.3 is 15.7 Å². The van der Waals surface area contributed by atoms with Gasteiger partial charge in [0.1, 0.15) is 5.82 Å². The maximum absolute atomic E-state index is 12.1. The quantitative estimate of drug-likeness (QED) is 0.627. The Hall–Kier alpha value is -3.50. The van der Waals surface area contributed by atoms with Crippen LogP contribution in [0.5, 0.6) is 0 Å². The van der Waals surface area contributed by atoms with Crippen LogP contribution in [0.2, 0.25) is 0 Å². The van der Waals surface area contributed by atoms with Gasteiger partial charge in [0.15, 0.2) is 5.82 Å². The lowest BCUT2D eigenvalue weighted by molar-refractivity contribution is -0.137. The van der Waals surface area contributed by atoms with Gasteiger partial charge >= 0.3 is 0 Å². The molecule has 1 aliphatic heterocycles. The van der Waals surface area contributed by atoms with Crippen molar-refractivity contribution in [3.05, 3.63) is 47.8 Å². The number of nitrogens with two attached hydrogens (primary N) is 1. The minimum atomic E-state index is -1.63. The van der Waals surface area contributed by atoms with Gasteiger partial charge in [-0.15, -0.1) is 0 Å². The molecular weight excluding hydrogens is 354 g/mol. The summed E-state index contributed by atoms with van der Waals surface area (Å²) in [7, 11) is 1.66. The molecule has 3 aromatic rings. The number of pyridine rings is 1. The van der Waals surface area contributed by atoms with Crippen LogP contribution in [-0.4, -0.2) is 50.1 Å². The number of aliphatic hydroxyl groups is 1. The summed E-state index contributed by atoms with van der Waals surface area (Å²) in [5.74, 6) is 6.16. The van der Waals surface area contributed by atoms with Crippen molar-refractivity contribution in [2.75, 3.05) is 19.3 Å². The van der Waals surface area contributed by atoms with Gasteiger partial charge in [-0.2, -0.15) is 0 Å². The summed E-state index contributed by atoms with van der Waals surface area (Å²) in [5.41, 5.74) is 7.48. The molecule has 1 aromatic carbocycles. The minimum absolute atomic E-state index is 0.297. The summed E-state index contributed by atoms with van der Waals surface area (Å²) >= 11 is 0. The smallest absolute Gasteiger partial charge is 0.267 e. The second-order valence-corrected chi connectivity index (χ2v) is 7.00. The zero-order valence-corrected chi connectivity index (χ0v) is 15.6. The Morgan fingerprint density at radius 1 is 1.29 bits per heavy atom. The van der Waals surface area contributed by atoms with E-state index in [1.165, 1.54) is 4.90 Å². The fourth-order valence-electron chi connectivity index (χ4n) is 3.26. The van der Waals surface area contributed by atoms with Crippen molar-refractivity contribution in [1.82, 2.24) is 19.9 Å². The van der Waals surface area contributed by atoms with Crippen molar-refractivity contribution in [2.24, 2.45) is 0 Å². The number of likely N-dealkylation sites (N-methyl/N-ethyl adjacent to an activating group) is 1. The molecule has 1 amide bonds. The number of amides is 1. The summed E-state index contributed by atoms with van der Waals surface area (Å²) in [6, 6.07) is 7.42. The number of fused-ring (bicyclic) bond motifs is 1. The Bertz CT molecular complexity index is 1160. The highest BCUT2D eigenvalue weighted by Crippen LogP contribution is 2.25. The van der Waals surface area contributed by atoms with Crippen LogP contribution in [0.4, 0.5) is 5.82 Å². The van der Waals surface area contributed by atoms with E-state index in [2.05, 4.69) is 26.8 Å². The number of aryl methyl sites for hydroxylation is 1. The van der Waals surface area contributed by atoms with E-state index < -0.39 is 5.60 Å². The number of carbonyl (C=O) groups excluding carboxylic acids is 1. The first-order valence-electron chi connectivity index (χ1n) is 8.86. The highest BCUT2D eigenvalue weighted by atomic mass is 16.3. The molecule has 2 aromatic heterocycles. The Labute approximate surface area is 162 Å². The molecule has 0 aliphatic carbocycles. The molecule has 0 saturated carbocycles. The van der Waals surface area contributed by atoms with Crippen molar-refractivity contribution in [3.8, 4) is 23.2 Å². The van der Waals surface area contributed by atoms with Crippen LogP contribution in [0.15, 0.2) is 36.7 Å². The number of rotatable bonds is 1. The van der Waals surface area contributed by atoms with Gasteiger partial charge in [-0.25, -0.2) is 9.97 Å². The van der Waals surface area contributed by atoms with E-state index in [-0.39, 0.29) is 5.91 Å². The van der Waals surface area contributed by atoms with Crippen LogP contribution in [0.1, 0.15) is 17.5 Å². The average Bonchev–Trinajstić information content (AvgIpc) is 2.94. The molecule has 0 spiro atoms. The van der Waals surface area contributed by atoms with Crippen LogP contribution < -0.4 is 5.73 Å². The van der Waals surface area contributed by atoms with Crippen LogP contribution in [0.25, 0.3) is 22.3 Å². The maximum atomic E-state index is 12.1. The summed E-state index contributed by atoms with van der Waals surface area (Å²) in [4.78, 5) is 26.6. The van der Waals surface area contributed by atoms with E-state index in [0.29, 0.717) is 35.7 Å². The largest absolute Gasteiger partial charge is 0.383 e. The van der Waals surface area contributed by atoms with Crippen LogP contribution in [0.3, 0.4) is 0 Å². The van der Waals surface area contributed by atoms with Crippen LogP contribution in [0, 0.1) is 18.8 Å². The van der Waals surface area contributed by atoms with Crippen LogP contribution >= 0.6 is 0 Å². The van der Waals surface area contributed by atoms with Gasteiger partial charge in [0.25, 0.3) is 5.91 Å². The molecule has 0 bridgehead atoms. The predicted molar refractivity (Wildman–Crippen MR) is 106 cm³/mol. The number of nitrogens with zero attached hydrogens (tertiary/aromatic N) is 4. The molecule has 28 heavy (non-hydrogen) atoms. The molecule has 4 rings (SSSR count). The summed E-state index contributed by atoms with van der Waals surface area (Å²) < 4.78 is 0. The molecule has 1 saturated heterocycles. The molecule has 1 atom stereocenters. The molecule has 7 nitrogen and oxygen atoms in total. The third-order valence-electron chi connectivity index (χ3n) is 4.79. The fourth-order valence-corrected chi connectivity index (χ4v) is 3.26. The predicted octanol–water partition coefficient (Wildman–Crippen LogP) is 1.53. The van der Waals surface area contributed by atoms with Gasteiger partial charge in [0.05, 0.1) is 11.7 Å². The van der Waals surface area contributed by atoms with Crippen molar-refractivity contribution < 1.29 is 9.90 Å². The van der Waals surface area contributed by atoms with E-state index in [9.17, 15) is 9.90 Å². The Morgan fingerprint density at radius 2 is 2.11 bits per heavy atom. The van der Waals surface area contributed by atoms with E-state index in [1.807, 2.05) is 25.1 Å². The number of hydrogen-bond acceptors (Lipinski definition) is 6.